The van der Waals surface area contributed by atoms with Crippen molar-refractivity contribution in [2.45, 2.75) is 13.5 Å². The van der Waals surface area contributed by atoms with Gasteiger partial charge in [-0.05, 0) is 24.3 Å². The van der Waals surface area contributed by atoms with Gasteiger partial charge in [-0.1, -0.05) is 35.9 Å². The van der Waals surface area contributed by atoms with E-state index in [0.717, 1.165) is 15.6 Å². The lowest BCUT2D eigenvalue weighted by Crippen LogP contribution is -2.18. The van der Waals surface area contributed by atoms with E-state index >= 15 is 0 Å². The van der Waals surface area contributed by atoms with Crippen LogP contribution in [0.15, 0.2) is 48.5 Å². The molecular weight excluding hydrogens is 358 g/mol. The number of fused-ring (bicyclic) bond motifs is 1. The molecule has 25 heavy (non-hydrogen) atoms. The Morgan fingerprint density at radius 2 is 1.84 bits per heavy atom. The zero-order valence-corrected chi connectivity index (χ0v) is 15.1. The highest BCUT2D eigenvalue weighted by Gasteiger charge is 2.12. The van der Waals surface area contributed by atoms with Crippen molar-refractivity contribution in [1.82, 2.24) is 5.32 Å². The molecule has 1 amide bonds. The molecule has 1 aromatic heterocycles. The fourth-order valence-corrected chi connectivity index (χ4v) is 3.51. The number of hydrogen-bond donors (Lipinski definition) is 1. The van der Waals surface area contributed by atoms with E-state index in [-0.39, 0.29) is 18.3 Å². The second-order valence-corrected chi connectivity index (χ2v) is 7.05. The molecule has 3 rings (SSSR count). The smallest absolute Gasteiger partial charge is 0.217 e. The van der Waals surface area contributed by atoms with Crippen molar-refractivity contribution in [2.24, 2.45) is 0 Å². The maximum Gasteiger partial charge on any atom is 0.217 e. The summed E-state index contributed by atoms with van der Waals surface area (Å²) in [4.78, 5) is 24.8. The molecule has 3 aromatic rings. The van der Waals surface area contributed by atoms with Crippen LogP contribution < -0.4 is 10.1 Å². The quantitative estimate of drug-likeness (QED) is 0.649. The summed E-state index contributed by atoms with van der Waals surface area (Å²) in [6.07, 6.45) is 0. The molecule has 0 aliphatic carbocycles. The number of rotatable bonds is 6. The molecule has 0 atom stereocenters. The second-order valence-electron chi connectivity index (χ2n) is 5.48. The van der Waals surface area contributed by atoms with E-state index < -0.39 is 0 Å². The van der Waals surface area contributed by atoms with E-state index in [1.54, 1.807) is 18.2 Å². The third-order valence-corrected chi connectivity index (χ3v) is 5.09. The molecule has 0 saturated heterocycles. The maximum absolute atomic E-state index is 12.3. The highest BCUT2D eigenvalue weighted by atomic mass is 35.5. The van der Waals surface area contributed by atoms with Gasteiger partial charge in [-0.25, -0.2) is 0 Å². The van der Waals surface area contributed by atoms with Crippen LogP contribution in [0.25, 0.3) is 10.8 Å². The monoisotopic (exact) mass is 373 g/mol. The topological polar surface area (TPSA) is 55.4 Å². The molecule has 1 heterocycles. The molecule has 0 radical (unpaired) electrons. The largest absolute Gasteiger partial charge is 0.485 e. The molecule has 6 heteroatoms. The van der Waals surface area contributed by atoms with Crippen LogP contribution in [0.2, 0.25) is 5.02 Å². The van der Waals surface area contributed by atoms with Crippen molar-refractivity contribution in [1.29, 1.82) is 0 Å². The Morgan fingerprint density at radius 1 is 1.08 bits per heavy atom. The van der Waals surface area contributed by atoms with Gasteiger partial charge in [0, 0.05) is 27.6 Å². The van der Waals surface area contributed by atoms with E-state index in [1.165, 1.54) is 18.3 Å². The number of thiophene rings is 1. The van der Waals surface area contributed by atoms with Crippen LogP contribution in [0.5, 0.6) is 5.75 Å². The van der Waals surface area contributed by atoms with Crippen LogP contribution in [0.1, 0.15) is 21.5 Å². The van der Waals surface area contributed by atoms with Gasteiger partial charge in [-0.15, -0.1) is 11.3 Å². The van der Waals surface area contributed by atoms with E-state index in [1.807, 2.05) is 30.3 Å². The summed E-state index contributed by atoms with van der Waals surface area (Å²) < 4.78 is 5.73. The van der Waals surface area contributed by atoms with Gasteiger partial charge >= 0.3 is 0 Å². The zero-order valence-electron chi connectivity index (χ0n) is 13.5. The molecule has 128 valence electrons. The number of halogens is 1. The van der Waals surface area contributed by atoms with E-state index in [9.17, 15) is 9.59 Å². The fourth-order valence-electron chi connectivity index (χ4n) is 2.41. The van der Waals surface area contributed by atoms with Crippen LogP contribution in [0.3, 0.4) is 0 Å². The van der Waals surface area contributed by atoms with Crippen molar-refractivity contribution in [2.75, 3.05) is 6.61 Å². The third-order valence-electron chi connectivity index (χ3n) is 3.64. The highest BCUT2D eigenvalue weighted by Crippen LogP contribution is 2.31. The maximum atomic E-state index is 12.3. The van der Waals surface area contributed by atoms with E-state index in [2.05, 4.69) is 5.32 Å². The number of carbonyl (C=O) groups excluding carboxylic acids is 2. The van der Waals surface area contributed by atoms with Crippen molar-refractivity contribution < 1.29 is 14.3 Å². The third kappa shape index (κ3) is 4.18. The van der Waals surface area contributed by atoms with Crippen molar-refractivity contribution in [3.8, 4) is 5.75 Å². The van der Waals surface area contributed by atoms with Crippen molar-refractivity contribution in [3.63, 3.8) is 0 Å². The van der Waals surface area contributed by atoms with Crippen molar-refractivity contribution >= 4 is 45.4 Å². The number of Topliss-reactive ketones (excluding diaryl/α,β-unsaturated/α-hetero) is 1. The molecule has 0 aliphatic heterocycles. The lowest BCUT2D eigenvalue weighted by molar-refractivity contribution is -0.119. The first-order chi connectivity index (χ1) is 12.0. The number of ketones is 1. The number of hydrogen-bond acceptors (Lipinski definition) is 4. The Bertz CT molecular complexity index is 935. The minimum atomic E-state index is -0.0990. The Labute approximate surface area is 154 Å². The molecule has 0 saturated carbocycles. The van der Waals surface area contributed by atoms with Crippen molar-refractivity contribution in [3.05, 3.63) is 63.3 Å². The summed E-state index contributed by atoms with van der Waals surface area (Å²) in [6, 6.07) is 14.8. The molecule has 0 bridgehead atoms. The van der Waals surface area contributed by atoms with Crippen LogP contribution in [-0.2, 0) is 11.3 Å². The molecule has 0 fully saturated rings. The standard InChI is InChI=1S/C19H16ClNO3S/c1-12(22)21-10-13-6-9-19(25-13)17(23)11-24-18-8-7-16(20)14-4-2-3-5-15(14)18/h2-9H,10-11H2,1H3,(H,21,22). The summed E-state index contributed by atoms with van der Waals surface area (Å²) in [6.45, 7) is 1.84. The van der Waals surface area contributed by atoms with Gasteiger partial charge in [0.15, 0.2) is 6.61 Å². The van der Waals surface area contributed by atoms with Gasteiger partial charge < -0.3 is 10.1 Å². The summed E-state index contributed by atoms with van der Waals surface area (Å²) in [5, 5.41) is 5.13. The number of benzene rings is 2. The van der Waals surface area contributed by atoms with Gasteiger partial charge in [0.25, 0.3) is 0 Å². The average Bonchev–Trinajstić information content (AvgIpc) is 3.08. The van der Waals surface area contributed by atoms with Gasteiger partial charge in [-0.2, -0.15) is 0 Å². The Balaban J connectivity index is 1.69. The van der Waals surface area contributed by atoms with Gasteiger partial charge in [0.05, 0.1) is 11.4 Å². The van der Waals surface area contributed by atoms with Crippen LogP contribution in [-0.4, -0.2) is 18.3 Å². The normalized spacial score (nSPS) is 10.6. The predicted molar refractivity (Wildman–Crippen MR) is 101 cm³/mol. The van der Waals surface area contributed by atoms with Crippen LogP contribution in [0, 0.1) is 0 Å². The van der Waals surface area contributed by atoms with Crippen LogP contribution >= 0.6 is 22.9 Å². The SMILES string of the molecule is CC(=O)NCc1ccc(C(=O)COc2ccc(Cl)c3ccccc23)s1. The minimum absolute atomic E-state index is 0.0499. The summed E-state index contributed by atoms with van der Waals surface area (Å²) >= 11 is 7.55. The minimum Gasteiger partial charge on any atom is -0.485 e. The molecular formula is C19H16ClNO3S. The molecule has 0 unspecified atom stereocenters. The number of nitrogens with one attached hydrogen (secondary N) is 1. The van der Waals surface area contributed by atoms with Gasteiger partial charge in [0.2, 0.25) is 11.7 Å². The fraction of sp³-hybridized carbons (Fsp3) is 0.158. The first-order valence-corrected chi connectivity index (χ1v) is 8.90. The summed E-state index contributed by atoms with van der Waals surface area (Å²) in [5.41, 5.74) is 0. The highest BCUT2D eigenvalue weighted by molar-refractivity contribution is 7.14. The molecule has 2 aromatic carbocycles. The van der Waals surface area contributed by atoms with Gasteiger partial charge in [-0.3, -0.25) is 9.59 Å². The average molecular weight is 374 g/mol. The Kier molecular flexibility index (Phi) is 5.36. The Morgan fingerprint density at radius 3 is 2.60 bits per heavy atom. The second kappa shape index (κ2) is 7.68. The summed E-state index contributed by atoms with van der Waals surface area (Å²) in [7, 11) is 0. The van der Waals surface area contributed by atoms with E-state index in [0.29, 0.717) is 22.2 Å². The predicted octanol–water partition coefficient (Wildman–Crippen LogP) is 4.45. The number of amides is 1. The van der Waals surface area contributed by atoms with Gasteiger partial charge in [0.1, 0.15) is 5.75 Å². The molecule has 4 nitrogen and oxygen atoms in total. The zero-order chi connectivity index (χ0) is 17.8. The summed E-state index contributed by atoms with van der Waals surface area (Å²) in [5.74, 6) is 0.431. The molecule has 0 aliphatic rings. The number of ether oxygens (including phenoxy) is 1. The lowest BCUT2D eigenvalue weighted by atomic mass is 10.1. The molecule has 0 spiro atoms. The first kappa shape index (κ1) is 17.5. The number of carbonyl (C=O) groups is 2. The van der Waals surface area contributed by atoms with Crippen LogP contribution in [0.4, 0.5) is 0 Å². The lowest BCUT2D eigenvalue weighted by Gasteiger charge is -2.09. The van der Waals surface area contributed by atoms with E-state index in [4.69, 9.17) is 16.3 Å². The first-order valence-electron chi connectivity index (χ1n) is 7.71. The Hall–Kier alpha value is -2.37. The molecule has 1 N–H and O–H groups in total.